The second kappa shape index (κ2) is 7.62. The van der Waals surface area contributed by atoms with Gasteiger partial charge in [-0.1, -0.05) is 12.1 Å². The fourth-order valence-electron chi connectivity index (χ4n) is 3.83. The van der Waals surface area contributed by atoms with Crippen LogP contribution >= 0.6 is 0 Å². The first-order valence-corrected chi connectivity index (χ1v) is 9.45. The molecule has 144 valence electrons. The highest BCUT2D eigenvalue weighted by molar-refractivity contribution is 5.82. The molecule has 27 heavy (non-hydrogen) atoms. The Kier molecular flexibility index (Phi) is 5.05. The van der Waals surface area contributed by atoms with Crippen LogP contribution in [0.1, 0.15) is 25.1 Å². The van der Waals surface area contributed by atoms with E-state index in [1.165, 1.54) is 0 Å². The summed E-state index contributed by atoms with van der Waals surface area (Å²) in [6, 6.07) is 11.6. The van der Waals surface area contributed by atoms with Crippen molar-refractivity contribution in [2.45, 2.75) is 31.5 Å². The Morgan fingerprint density at radius 3 is 2.89 bits per heavy atom. The van der Waals surface area contributed by atoms with E-state index in [4.69, 9.17) is 9.15 Å². The van der Waals surface area contributed by atoms with Gasteiger partial charge in [0.15, 0.2) is 0 Å². The third-order valence-electron chi connectivity index (χ3n) is 5.25. The van der Waals surface area contributed by atoms with Crippen LogP contribution in [0.3, 0.4) is 0 Å². The standard InChI is InChI=1S/C20H26N4O3/c1-3-24-13-14(27-19-8-5-4-7-17(19)24)12-23(2)20(25)16-11-15(21-22-16)18-9-6-10-26-18/h4-10,14-16,21-22H,3,11-13H2,1-2H3. The lowest BCUT2D eigenvalue weighted by Crippen LogP contribution is -2.50. The number of anilines is 1. The lowest BCUT2D eigenvalue weighted by molar-refractivity contribution is -0.132. The average molecular weight is 370 g/mol. The summed E-state index contributed by atoms with van der Waals surface area (Å²) in [7, 11) is 1.84. The van der Waals surface area contributed by atoms with Crippen molar-refractivity contribution in [3.8, 4) is 5.75 Å². The number of furan rings is 1. The van der Waals surface area contributed by atoms with E-state index in [1.807, 2.05) is 37.4 Å². The van der Waals surface area contributed by atoms with Gasteiger partial charge in [-0.2, -0.15) is 0 Å². The van der Waals surface area contributed by atoms with E-state index in [0.717, 1.165) is 30.3 Å². The number of fused-ring (bicyclic) bond motifs is 1. The topological polar surface area (TPSA) is 70.0 Å². The minimum absolute atomic E-state index is 0.00994. The maximum Gasteiger partial charge on any atom is 0.241 e. The number of amides is 1. The van der Waals surface area contributed by atoms with Crippen LogP contribution < -0.4 is 20.5 Å². The van der Waals surface area contributed by atoms with E-state index in [1.54, 1.807) is 11.2 Å². The molecule has 1 fully saturated rings. The number of hydrogen-bond donors (Lipinski definition) is 2. The van der Waals surface area contributed by atoms with Crippen molar-refractivity contribution in [1.82, 2.24) is 15.8 Å². The summed E-state index contributed by atoms with van der Waals surface area (Å²) in [5, 5.41) is 0. The highest BCUT2D eigenvalue weighted by atomic mass is 16.5. The maximum absolute atomic E-state index is 12.9. The van der Waals surface area contributed by atoms with Crippen LogP contribution in [0.4, 0.5) is 5.69 Å². The molecule has 0 bridgehead atoms. The van der Waals surface area contributed by atoms with E-state index in [-0.39, 0.29) is 24.1 Å². The van der Waals surface area contributed by atoms with Crippen LogP contribution in [0.5, 0.6) is 5.75 Å². The van der Waals surface area contributed by atoms with Gasteiger partial charge in [-0.05, 0) is 37.6 Å². The zero-order valence-electron chi connectivity index (χ0n) is 15.7. The molecule has 3 heterocycles. The van der Waals surface area contributed by atoms with E-state index < -0.39 is 0 Å². The van der Waals surface area contributed by atoms with Crippen LogP contribution in [0, 0.1) is 0 Å². The van der Waals surface area contributed by atoms with Crippen molar-refractivity contribution in [2.75, 3.05) is 31.6 Å². The highest BCUT2D eigenvalue weighted by Crippen LogP contribution is 2.33. The summed E-state index contributed by atoms with van der Waals surface area (Å²) < 4.78 is 11.6. The Morgan fingerprint density at radius 2 is 2.11 bits per heavy atom. The van der Waals surface area contributed by atoms with Gasteiger partial charge in [-0.15, -0.1) is 0 Å². The third-order valence-corrected chi connectivity index (χ3v) is 5.25. The Morgan fingerprint density at radius 1 is 1.26 bits per heavy atom. The Bertz CT molecular complexity index is 779. The second-order valence-electron chi connectivity index (χ2n) is 7.11. The van der Waals surface area contributed by atoms with Crippen LogP contribution in [0.2, 0.25) is 0 Å². The van der Waals surface area contributed by atoms with Gasteiger partial charge in [0.05, 0.1) is 31.1 Å². The number of carbonyl (C=O) groups is 1. The zero-order chi connectivity index (χ0) is 18.8. The summed E-state index contributed by atoms with van der Waals surface area (Å²) in [5.41, 5.74) is 7.36. The van der Waals surface area contributed by atoms with Gasteiger partial charge < -0.3 is 19.0 Å². The normalized spacial score (nSPS) is 24.4. The minimum Gasteiger partial charge on any atom is -0.485 e. The summed E-state index contributed by atoms with van der Waals surface area (Å²) in [6.07, 6.45) is 2.26. The predicted octanol–water partition coefficient (Wildman–Crippen LogP) is 1.93. The number of hydrogen-bond acceptors (Lipinski definition) is 6. The smallest absolute Gasteiger partial charge is 0.241 e. The number of nitrogens with zero attached hydrogens (tertiary/aromatic N) is 2. The van der Waals surface area contributed by atoms with Crippen molar-refractivity contribution < 1.29 is 13.9 Å². The molecule has 2 N–H and O–H groups in total. The lowest BCUT2D eigenvalue weighted by Gasteiger charge is -2.37. The average Bonchev–Trinajstić information content (AvgIpc) is 3.38. The SMILES string of the molecule is CCN1CC(CN(C)C(=O)C2CC(c3ccco3)NN2)Oc2ccccc21. The molecule has 3 atom stereocenters. The molecule has 1 saturated heterocycles. The zero-order valence-corrected chi connectivity index (χ0v) is 15.7. The molecule has 1 aromatic carbocycles. The van der Waals surface area contributed by atoms with Crippen molar-refractivity contribution in [3.63, 3.8) is 0 Å². The van der Waals surface area contributed by atoms with Crippen molar-refractivity contribution in [2.24, 2.45) is 0 Å². The number of nitrogens with one attached hydrogen (secondary N) is 2. The molecule has 7 nitrogen and oxygen atoms in total. The third kappa shape index (κ3) is 3.65. The minimum atomic E-state index is -0.275. The number of hydrazine groups is 1. The molecule has 7 heteroatoms. The number of ether oxygens (including phenoxy) is 1. The quantitative estimate of drug-likeness (QED) is 0.838. The van der Waals surface area contributed by atoms with Crippen molar-refractivity contribution in [3.05, 3.63) is 48.4 Å². The second-order valence-corrected chi connectivity index (χ2v) is 7.11. The van der Waals surface area contributed by atoms with Gasteiger partial charge in [0, 0.05) is 13.6 Å². The summed E-state index contributed by atoms with van der Waals surface area (Å²) >= 11 is 0. The lowest BCUT2D eigenvalue weighted by atomic mass is 10.1. The van der Waals surface area contributed by atoms with E-state index in [9.17, 15) is 4.79 Å². The first-order valence-electron chi connectivity index (χ1n) is 9.45. The van der Waals surface area contributed by atoms with Gasteiger partial charge in [0.25, 0.3) is 0 Å². The first-order chi connectivity index (χ1) is 13.2. The molecule has 0 radical (unpaired) electrons. The number of likely N-dealkylation sites (N-methyl/N-ethyl adjacent to an activating group) is 2. The highest BCUT2D eigenvalue weighted by Gasteiger charge is 2.34. The number of para-hydroxylation sites is 2. The van der Waals surface area contributed by atoms with Crippen LogP contribution in [-0.2, 0) is 4.79 Å². The van der Waals surface area contributed by atoms with Gasteiger partial charge in [-0.25, -0.2) is 10.9 Å². The Balaban J connectivity index is 1.36. The fraction of sp³-hybridized carbons (Fsp3) is 0.450. The molecular formula is C20H26N4O3. The van der Waals surface area contributed by atoms with E-state index >= 15 is 0 Å². The van der Waals surface area contributed by atoms with E-state index in [0.29, 0.717) is 13.0 Å². The molecule has 4 rings (SSSR count). The van der Waals surface area contributed by atoms with Gasteiger partial charge >= 0.3 is 0 Å². The summed E-state index contributed by atoms with van der Waals surface area (Å²) in [5.74, 6) is 1.78. The molecule has 1 aromatic heterocycles. The van der Waals surface area contributed by atoms with E-state index in [2.05, 4.69) is 28.7 Å². The van der Waals surface area contributed by atoms with Crippen molar-refractivity contribution >= 4 is 11.6 Å². The Hall–Kier alpha value is -2.51. The van der Waals surface area contributed by atoms with Crippen LogP contribution in [-0.4, -0.2) is 49.6 Å². The molecular weight excluding hydrogens is 344 g/mol. The number of rotatable bonds is 5. The molecule has 0 saturated carbocycles. The summed E-state index contributed by atoms with van der Waals surface area (Å²) in [6.45, 7) is 4.37. The molecule has 3 unspecified atom stereocenters. The molecule has 0 aliphatic carbocycles. The molecule has 2 aliphatic rings. The van der Waals surface area contributed by atoms with Gasteiger partial charge in [0.2, 0.25) is 5.91 Å². The predicted molar refractivity (Wildman–Crippen MR) is 103 cm³/mol. The van der Waals surface area contributed by atoms with Gasteiger partial charge in [-0.3, -0.25) is 4.79 Å². The molecule has 2 aromatic rings. The number of carbonyl (C=O) groups excluding carboxylic acids is 1. The monoisotopic (exact) mass is 370 g/mol. The Labute approximate surface area is 159 Å². The fourth-order valence-corrected chi connectivity index (χ4v) is 3.83. The molecule has 0 spiro atoms. The first kappa shape index (κ1) is 17.9. The van der Waals surface area contributed by atoms with Gasteiger partial charge in [0.1, 0.15) is 23.7 Å². The summed E-state index contributed by atoms with van der Waals surface area (Å²) in [4.78, 5) is 16.9. The maximum atomic E-state index is 12.9. The molecule has 2 aliphatic heterocycles. The van der Waals surface area contributed by atoms with Crippen LogP contribution in [0.25, 0.3) is 0 Å². The van der Waals surface area contributed by atoms with Crippen LogP contribution in [0.15, 0.2) is 47.1 Å². The molecule has 1 amide bonds. The van der Waals surface area contributed by atoms with Crippen molar-refractivity contribution in [1.29, 1.82) is 0 Å². The number of benzene rings is 1. The largest absolute Gasteiger partial charge is 0.485 e.